The van der Waals surface area contributed by atoms with Crippen LogP contribution in [0.4, 0.5) is 0 Å². The molecular formula is C13H16ClN5S. The van der Waals surface area contributed by atoms with E-state index in [1.807, 2.05) is 25.7 Å². The van der Waals surface area contributed by atoms with Crippen molar-refractivity contribution < 1.29 is 0 Å². The van der Waals surface area contributed by atoms with E-state index in [-0.39, 0.29) is 0 Å². The number of thioether (sulfide) groups is 1. The van der Waals surface area contributed by atoms with Crippen LogP contribution in [0.5, 0.6) is 0 Å². The van der Waals surface area contributed by atoms with Gasteiger partial charge in [-0.3, -0.25) is 9.58 Å². The molecule has 0 aliphatic carbocycles. The molecule has 1 aliphatic heterocycles. The van der Waals surface area contributed by atoms with Crippen molar-refractivity contribution in [3.63, 3.8) is 0 Å². The second-order valence-corrected chi connectivity index (χ2v) is 6.07. The van der Waals surface area contributed by atoms with E-state index in [1.165, 1.54) is 11.3 Å². The predicted octanol–water partition coefficient (Wildman–Crippen LogP) is 2.14. The predicted molar refractivity (Wildman–Crippen MR) is 79.8 cm³/mol. The van der Waals surface area contributed by atoms with Gasteiger partial charge >= 0.3 is 0 Å². The maximum Gasteiger partial charge on any atom is 0.187 e. The highest BCUT2D eigenvalue weighted by atomic mass is 35.5. The molecule has 0 bridgehead atoms. The number of rotatable bonds is 3. The Morgan fingerprint density at radius 2 is 2.30 bits per heavy atom. The molecule has 7 heteroatoms. The summed E-state index contributed by atoms with van der Waals surface area (Å²) in [4.78, 5) is 11.3. The molecule has 0 aromatic carbocycles. The van der Waals surface area contributed by atoms with Gasteiger partial charge in [-0.1, -0.05) is 23.4 Å². The Kier molecular flexibility index (Phi) is 3.96. The molecule has 0 fully saturated rings. The highest BCUT2D eigenvalue weighted by molar-refractivity contribution is 7.98. The zero-order valence-corrected chi connectivity index (χ0v) is 13.1. The lowest BCUT2D eigenvalue weighted by molar-refractivity contribution is 0.239. The normalized spacial score (nSPS) is 15.3. The summed E-state index contributed by atoms with van der Waals surface area (Å²) in [5, 5.41) is 5.98. The molecule has 0 saturated carbocycles. The molecule has 0 N–H and O–H groups in total. The summed E-state index contributed by atoms with van der Waals surface area (Å²) in [6.07, 6.45) is 6.73. The van der Waals surface area contributed by atoms with Gasteiger partial charge in [0, 0.05) is 51.1 Å². The Balaban J connectivity index is 1.74. The summed E-state index contributed by atoms with van der Waals surface area (Å²) >= 11 is 7.75. The number of halogens is 1. The van der Waals surface area contributed by atoms with Crippen LogP contribution in [0.25, 0.3) is 0 Å². The lowest BCUT2D eigenvalue weighted by Crippen LogP contribution is -2.31. The monoisotopic (exact) mass is 309 g/mol. The average Bonchev–Trinajstić information content (AvgIpc) is 2.76. The van der Waals surface area contributed by atoms with Crippen LogP contribution in [0.1, 0.15) is 17.0 Å². The minimum atomic E-state index is 0.729. The van der Waals surface area contributed by atoms with Gasteiger partial charge in [0.05, 0.1) is 16.4 Å². The van der Waals surface area contributed by atoms with Gasteiger partial charge in [-0.25, -0.2) is 9.97 Å². The van der Waals surface area contributed by atoms with Crippen molar-refractivity contribution in [2.75, 3.05) is 12.8 Å². The fraction of sp³-hybridized carbons (Fsp3) is 0.462. The van der Waals surface area contributed by atoms with Crippen molar-refractivity contribution in [1.82, 2.24) is 24.6 Å². The summed E-state index contributed by atoms with van der Waals surface area (Å²) in [5.74, 6) is 0. The zero-order chi connectivity index (χ0) is 14.1. The third kappa shape index (κ3) is 2.82. The second kappa shape index (κ2) is 5.71. The number of fused-ring (bicyclic) bond motifs is 1. The van der Waals surface area contributed by atoms with Crippen molar-refractivity contribution in [2.45, 2.75) is 24.7 Å². The third-order valence-electron chi connectivity index (χ3n) is 3.40. The summed E-state index contributed by atoms with van der Waals surface area (Å²) < 4.78 is 1.75. The molecule has 0 spiro atoms. The highest BCUT2D eigenvalue weighted by Gasteiger charge is 2.20. The molecule has 2 aromatic heterocycles. The lowest BCUT2D eigenvalue weighted by atomic mass is 10.1. The number of aryl methyl sites for hydroxylation is 1. The molecule has 2 aromatic rings. The van der Waals surface area contributed by atoms with Gasteiger partial charge < -0.3 is 0 Å². The number of nitrogens with zero attached hydrogens (tertiary/aromatic N) is 5. The van der Waals surface area contributed by atoms with Crippen LogP contribution in [0.3, 0.4) is 0 Å². The van der Waals surface area contributed by atoms with Gasteiger partial charge in [0.15, 0.2) is 5.16 Å². The Morgan fingerprint density at radius 1 is 1.45 bits per heavy atom. The first-order chi connectivity index (χ1) is 9.65. The van der Waals surface area contributed by atoms with Gasteiger partial charge in [0.25, 0.3) is 0 Å². The zero-order valence-electron chi connectivity index (χ0n) is 11.5. The topological polar surface area (TPSA) is 46.8 Å². The molecular weight excluding hydrogens is 294 g/mol. The van der Waals surface area contributed by atoms with Gasteiger partial charge in [-0.2, -0.15) is 5.10 Å². The van der Waals surface area contributed by atoms with E-state index in [9.17, 15) is 0 Å². The van der Waals surface area contributed by atoms with Crippen molar-refractivity contribution in [3.8, 4) is 0 Å². The number of hydrogen-bond donors (Lipinski definition) is 0. The summed E-state index contributed by atoms with van der Waals surface area (Å²) in [5.41, 5.74) is 3.31. The van der Waals surface area contributed by atoms with Gasteiger partial charge in [0.1, 0.15) is 0 Å². The standard InChI is InChI=1S/C13H16ClN5S/c1-18-7-10(14)12(17-18)8-19-4-3-11-9(6-19)5-15-13(16-11)20-2/h5,7H,3-4,6,8H2,1-2H3. The largest absolute Gasteiger partial charge is 0.293 e. The van der Waals surface area contributed by atoms with Crippen molar-refractivity contribution in [2.24, 2.45) is 7.05 Å². The summed E-state index contributed by atoms with van der Waals surface area (Å²) in [6.45, 7) is 2.60. The second-order valence-electron chi connectivity index (χ2n) is 4.89. The first-order valence-electron chi connectivity index (χ1n) is 6.45. The van der Waals surface area contributed by atoms with E-state index in [0.717, 1.165) is 41.9 Å². The molecule has 0 saturated heterocycles. The fourth-order valence-electron chi connectivity index (χ4n) is 2.41. The maximum atomic E-state index is 6.17. The molecule has 0 amide bonds. The summed E-state index contributed by atoms with van der Waals surface area (Å²) in [7, 11) is 1.89. The van der Waals surface area contributed by atoms with Crippen LogP contribution in [0, 0.1) is 0 Å². The lowest BCUT2D eigenvalue weighted by Gasteiger charge is -2.27. The van der Waals surface area contributed by atoms with Crippen LogP contribution in [-0.2, 0) is 26.6 Å². The molecule has 3 heterocycles. The van der Waals surface area contributed by atoms with E-state index in [4.69, 9.17) is 11.6 Å². The van der Waals surface area contributed by atoms with E-state index in [1.54, 1.807) is 16.4 Å². The summed E-state index contributed by atoms with van der Waals surface area (Å²) in [6, 6.07) is 0. The van der Waals surface area contributed by atoms with Crippen LogP contribution >= 0.6 is 23.4 Å². The fourth-order valence-corrected chi connectivity index (χ4v) is 3.01. The van der Waals surface area contributed by atoms with Crippen molar-refractivity contribution >= 4 is 23.4 Å². The van der Waals surface area contributed by atoms with Crippen LogP contribution in [0.2, 0.25) is 5.02 Å². The molecule has 106 valence electrons. The number of aromatic nitrogens is 4. The van der Waals surface area contributed by atoms with Gasteiger partial charge in [-0.05, 0) is 6.26 Å². The Morgan fingerprint density at radius 3 is 3.00 bits per heavy atom. The Hall–Kier alpha value is -1.11. The van der Waals surface area contributed by atoms with Crippen LogP contribution < -0.4 is 0 Å². The third-order valence-corrected chi connectivity index (χ3v) is 4.28. The van der Waals surface area contributed by atoms with E-state index < -0.39 is 0 Å². The number of hydrogen-bond acceptors (Lipinski definition) is 5. The minimum absolute atomic E-state index is 0.729. The Labute approximate surface area is 127 Å². The van der Waals surface area contributed by atoms with Gasteiger partial charge in [0.2, 0.25) is 0 Å². The van der Waals surface area contributed by atoms with E-state index in [2.05, 4.69) is 20.0 Å². The molecule has 1 aliphatic rings. The quantitative estimate of drug-likeness (QED) is 0.642. The molecule has 20 heavy (non-hydrogen) atoms. The Bertz CT molecular complexity index is 627. The highest BCUT2D eigenvalue weighted by Crippen LogP contribution is 2.22. The van der Waals surface area contributed by atoms with E-state index in [0.29, 0.717) is 0 Å². The first-order valence-corrected chi connectivity index (χ1v) is 8.05. The SMILES string of the molecule is CSc1ncc2c(n1)CCN(Cc1nn(C)cc1Cl)C2. The van der Waals surface area contributed by atoms with Crippen LogP contribution in [-0.4, -0.2) is 37.4 Å². The van der Waals surface area contributed by atoms with Gasteiger partial charge in [-0.15, -0.1) is 0 Å². The van der Waals surface area contributed by atoms with Crippen molar-refractivity contribution in [1.29, 1.82) is 0 Å². The molecule has 0 atom stereocenters. The molecule has 3 rings (SSSR count). The molecule has 0 radical (unpaired) electrons. The smallest absolute Gasteiger partial charge is 0.187 e. The molecule has 5 nitrogen and oxygen atoms in total. The maximum absolute atomic E-state index is 6.17. The minimum Gasteiger partial charge on any atom is -0.293 e. The average molecular weight is 310 g/mol. The van der Waals surface area contributed by atoms with Crippen molar-refractivity contribution in [3.05, 3.63) is 34.4 Å². The molecule has 0 unspecified atom stereocenters. The van der Waals surface area contributed by atoms with Crippen LogP contribution in [0.15, 0.2) is 17.6 Å². The van der Waals surface area contributed by atoms with E-state index >= 15 is 0 Å². The first kappa shape index (κ1) is 13.9.